The van der Waals surface area contributed by atoms with Gasteiger partial charge in [-0.1, -0.05) is 18.7 Å². The summed E-state index contributed by atoms with van der Waals surface area (Å²) < 4.78 is 15.0. The van der Waals surface area contributed by atoms with Crippen LogP contribution in [0.3, 0.4) is 0 Å². The van der Waals surface area contributed by atoms with Crippen molar-refractivity contribution >= 4 is 17.5 Å². The zero-order valence-corrected chi connectivity index (χ0v) is 13.0. The normalized spacial score (nSPS) is 14.6. The second-order valence-electron chi connectivity index (χ2n) is 5.15. The molecule has 114 valence electrons. The fraction of sp³-hybridized carbons (Fsp3) is 0.312. The van der Waals surface area contributed by atoms with E-state index in [1.54, 1.807) is 5.41 Å². The van der Waals surface area contributed by atoms with E-state index < -0.39 is 0 Å². The number of hydrogen-bond acceptors (Lipinski definition) is 4. The number of aromatic nitrogens is 3. The molecule has 0 N–H and O–H groups in total. The molecule has 1 aromatic carbocycles. The van der Waals surface area contributed by atoms with Crippen LogP contribution in [0.5, 0.6) is 0 Å². The molecule has 0 aliphatic heterocycles. The summed E-state index contributed by atoms with van der Waals surface area (Å²) in [4.78, 5) is 12.0. The van der Waals surface area contributed by atoms with Crippen molar-refractivity contribution in [1.29, 1.82) is 0 Å². The summed E-state index contributed by atoms with van der Waals surface area (Å²) >= 11 is 1.39. The lowest BCUT2D eigenvalue weighted by atomic mass is 10.1. The first-order valence-electron chi connectivity index (χ1n) is 7.26. The van der Waals surface area contributed by atoms with Gasteiger partial charge in [0, 0.05) is 18.0 Å². The molecule has 2 aromatic rings. The van der Waals surface area contributed by atoms with Crippen LogP contribution in [0.4, 0.5) is 4.39 Å². The van der Waals surface area contributed by atoms with Crippen LogP contribution in [0.2, 0.25) is 0 Å². The van der Waals surface area contributed by atoms with E-state index in [0.29, 0.717) is 11.6 Å². The Morgan fingerprint density at radius 1 is 1.36 bits per heavy atom. The van der Waals surface area contributed by atoms with Crippen LogP contribution in [0, 0.1) is 5.82 Å². The minimum Gasteiger partial charge on any atom is -0.303 e. The van der Waals surface area contributed by atoms with E-state index in [4.69, 9.17) is 0 Å². The maximum atomic E-state index is 12.8. The Labute approximate surface area is 132 Å². The van der Waals surface area contributed by atoms with Crippen molar-refractivity contribution in [3.05, 3.63) is 53.0 Å². The minimum atomic E-state index is -0.348. The topological polar surface area (TPSA) is 47.8 Å². The van der Waals surface area contributed by atoms with Gasteiger partial charge in [0.2, 0.25) is 0 Å². The number of aryl methyl sites for hydroxylation is 1. The summed E-state index contributed by atoms with van der Waals surface area (Å²) in [5, 5.41) is 10.9. The third-order valence-corrected chi connectivity index (χ3v) is 4.25. The Morgan fingerprint density at radius 2 is 2.09 bits per heavy atom. The zero-order chi connectivity index (χ0) is 15.5. The number of halogens is 1. The summed E-state index contributed by atoms with van der Waals surface area (Å²) in [6.07, 6.45) is 4.66. The largest absolute Gasteiger partial charge is 0.303 e. The van der Waals surface area contributed by atoms with E-state index in [0.717, 1.165) is 30.2 Å². The number of benzene rings is 1. The van der Waals surface area contributed by atoms with Crippen molar-refractivity contribution in [3.63, 3.8) is 0 Å². The number of rotatable bonds is 6. The van der Waals surface area contributed by atoms with Crippen molar-refractivity contribution in [2.24, 2.45) is 0 Å². The van der Waals surface area contributed by atoms with Gasteiger partial charge in [-0.2, -0.15) is 0 Å². The molecule has 0 bridgehead atoms. The highest BCUT2D eigenvalue weighted by Gasteiger charge is 2.28. The molecule has 1 heterocycles. The molecule has 22 heavy (non-hydrogen) atoms. The predicted octanol–water partition coefficient (Wildman–Crippen LogP) is 3.80. The van der Waals surface area contributed by atoms with E-state index in [-0.39, 0.29) is 11.6 Å². The van der Waals surface area contributed by atoms with Gasteiger partial charge in [0.15, 0.2) is 10.9 Å². The molecule has 1 saturated carbocycles. The first kappa shape index (κ1) is 15.0. The highest BCUT2D eigenvalue weighted by Crippen LogP contribution is 2.38. The average molecular weight is 317 g/mol. The lowest BCUT2D eigenvalue weighted by Gasteiger charge is -2.05. The quantitative estimate of drug-likeness (QED) is 0.462. The second-order valence-corrected chi connectivity index (χ2v) is 6.02. The van der Waals surface area contributed by atoms with Gasteiger partial charge in [0.05, 0.1) is 0 Å². The van der Waals surface area contributed by atoms with Gasteiger partial charge in [-0.25, -0.2) is 4.39 Å². The lowest BCUT2D eigenvalue weighted by molar-refractivity contribution is 0.104. The van der Waals surface area contributed by atoms with E-state index in [9.17, 15) is 9.18 Å². The molecule has 0 atom stereocenters. The van der Waals surface area contributed by atoms with Gasteiger partial charge >= 0.3 is 0 Å². The Morgan fingerprint density at radius 3 is 2.73 bits per heavy atom. The van der Waals surface area contributed by atoms with Gasteiger partial charge in [-0.05, 0) is 48.6 Å². The summed E-state index contributed by atoms with van der Waals surface area (Å²) in [7, 11) is 0. The fourth-order valence-electron chi connectivity index (χ4n) is 2.20. The second kappa shape index (κ2) is 6.44. The van der Waals surface area contributed by atoms with Gasteiger partial charge in [0.1, 0.15) is 11.6 Å². The predicted molar refractivity (Wildman–Crippen MR) is 83.4 cm³/mol. The first-order chi connectivity index (χ1) is 10.7. The Kier molecular flexibility index (Phi) is 4.38. The van der Waals surface area contributed by atoms with E-state index >= 15 is 0 Å². The average Bonchev–Trinajstić information content (AvgIpc) is 3.28. The summed E-state index contributed by atoms with van der Waals surface area (Å²) in [6, 6.07) is 6.04. The summed E-state index contributed by atoms with van der Waals surface area (Å²) in [5.74, 6) is 0.489. The summed E-state index contributed by atoms with van der Waals surface area (Å²) in [6.45, 7) is 2.06. The molecule has 3 rings (SSSR count). The van der Waals surface area contributed by atoms with E-state index in [1.807, 2.05) is 0 Å². The van der Waals surface area contributed by atoms with Crippen molar-refractivity contribution in [2.75, 3.05) is 0 Å². The molecular formula is C16H16FN3OS. The zero-order valence-electron chi connectivity index (χ0n) is 12.2. The van der Waals surface area contributed by atoms with Crippen LogP contribution >= 0.6 is 11.8 Å². The molecule has 0 amide bonds. The van der Waals surface area contributed by atoms with Crippen molar-refractivity contribution in [3.8, 4) is 0 Å². The van der Waals surface area contributed by atoms with E-state index in [1.165, 1.54) is 42.1 Å². The monoisotopic (exact) mass is 317 g/mol. The number of nitrogens with zero attached hydrogens (tertiary/aromatic N) is 3. The third kappa shape index (κ3) is 3.27. The Hall–Kier alpha value is -1.95. The molecule has 1 aromatic heterocycles. The number of allylic oxidation sites excluding steroid dienone is 1. The lowest BCUT2D eigenvalue weighted by Crippen LogP contribution is -2.01. The molecular weight excluding hydrogens is 301 g/mol. The number of thioether (sulfide) groups is 1. The summed E-state index contributed by atoms with van der Waals surface area (Å²) in [5.41, 5.74) is 0.469. The molecule has 4 nitrogen and oxygen atoms in total. The van der Waals surface area contributed by atoms with Crippen molar-refractivity contribution in [2.45, 2.75) is 37.4 Å². The van der Waals surface area contributed by atoms with Crippen LogP contribution < -0.4 is 0 Å². The van der Waals surface area contributed by atoms with Gasteiger partial charge in [0.25, 0.3) is 0 Å². The minimum absolute atomic E-state index is 0.152. The van der Waals surface area contributed by atoms with Crippen LogP contribution in [0.1, 0.15) is 42.0 Å². The first-order valence-corrected chi connectivity index (χ1v) is 8.14. The van der Waals surface area contributed by atoms with Crippen LogP contribution in [-0.2, 0) is 6.42 Å². The molecule has 0 radical (unpaired) electrons. The molecule has 1 fully saturated rings. The molecule has 0 unspecified atom stereocenters. The third-order valence-electron chi connectivity index (χ3n) is 3.48. The number of carbonyl (C=O) groups excluding carboxylic acids is 1. The SMILES string of the molecule is CCc1nnc(S/C=C/C(=O)c2ccc(F)cc2)n1C1CC1. The van der Waals surface area contributed by atoms with Crippen LogP contribution in [-0.4, -0.2) is 20.5 Å². The van der Waals surface area contributed by atoms with Gasteiger partial charge in [-0.15, -0.1) is 10.2 Å². The standard InChI is InChI=1S/C16H16FN3OS/c1-2-15-18-19-16(20(15)13-7-8-13)22-10-9-14(21)11-3-5-12(17)6-4-11/h3-6,9-10,13H,2,7-8H2,1H3/b10-9+. The molecule has 1 aliphatic rings. The van der Waals surface area contributed by atoms with Gasteiger partial charge in [-0.3, -0.25) is 4.79 Å². The van der Waals surface area contributed by atoms with E-state index in [2.05, 4.69) is 21.7 Å². The highest BCUT2D eigenvalue weighted by molar-refractivity contribution is 8.02. The smallest absolute Gasteiger partial charge is 0.195 e. The van der Waals surface area contributed by atoms with Crippen molar-refractivity contribution in [1.82, 2.24) is 14.8 Å². The van der Waals surface area contributed by atoms with Gasteiger partial charge < -0.3 is 4.57 Å². The number of carbonyl (C=O) groups is 1. The number of hydrogen-bond donors (Lipinski definition) is 0. The van der Waals surface area contributed by atoms with Crippen molar-refractivity contribution < 1.29 is 9.18 Å². The number of ketones is 1. The molecule has 6 heteroatoms. The fourth-order valence-corrected chi connectivity index (χ4v) is 2.96. The molecule has 1 aliphatic carbocycles. The Bertz CT molecular complexity index is 705. The molecule has 0 saturated heterocycles. The van der Waals surface area contributed by atoms with Crippen LogP contribution in [0.15, 0.2) is 40.9 Å². The maximum Gasteiger partial charge on any atom is 0.195 e. The Balaban J connectivity index is 1.68. The van der Waals surface area contributed by atoms with Crippen LogP contribution in [0.25, 0.3) is 0 Å². The molecule has 0 spiro atoms. The highest BCUT2D eigenvalue weighted by atomic mass is 32.2. The maximum absolute atomic E-state index is 12.8.